The third-order valence-corrected chi connectivity index (χ3v) is 2.90. The van der Waals surface area contributed by atoms with Gasteiger partial charge in [0.15, 0.2) is 5.78 Å². The fraction of sp³-hybridized carbons (Fsp3) is 0.188. The topological polar surface area (TPSA) is 26.3 Å². The lowest BCUT2D eigenvalue weighted by molar-refractivity contribution is -0.274. The Morgan fingerprint density at radius 3 is 2.24 bits per heavy atom. The summed E-state index contributed by atoms with van der Waals surface area (Å²) in [6.45, 7) is 0. The molecule has 2 nitrogen and oxygen atoms in total. The van der Waals surface area contributed by atoms with Crippen LogP contribution in [0, 0.1) is 0 Å². The predicted octanol–water partition coefficient (Wildman–Crippen LogP) is 4.40. The Hall–Kier alpha value is -2.30. The molecule has 0 saturated carbocycles. The Morgan fingerprint density at radius 1 is 0.952 bits per heavy atom. The zero-order valence-corrected chi connectivity index (χ0v) is 11.1. The quantitative estimate of drug-likeness (QED) is 0.764. The van der Waals surface area contributed by atoms with Crippen LogP contribution in [0.25, 0.3) is 0 Å². The molecule has 0 radical (unpaired) electrons. The average Bonchev–Trinajstić information content (AvgIpc) is 2.45. The minimum atomic E-state index is -4.81. The third kappa shape index (κ3) is 4.63. The number of aryl methyl sites for hydroxylation is 1. The monoisotopic (exact) mass is 294 g/mol. The molecule has 0 unspecified atom stereocenters. The first kappa shape index (κ1) is 15.1. The summed E-state index contributed by atoms with van der Waals surface area (Å²) in [5.41, 5.74) is 0.908. The van der Waals surface area contributed by atoms with E-state index in [1.165, 1.54) is 18.2 Å². The average molecular weight is 294 g/mol. The Kier molecular flexibility index (Phi) is 4.62. The lowest BCUT2D eigenvalue weighted by atomic mass is 10.0. The van der Waals surface area contributed by atoms with Crippen molar-refractivity contribution in [3.63, 3.8) is 0 Å². The molecule has 0 spiro atoms. The van der Waals surface area contributed by atoms with E-state index in [9.17, 15) is 18.0 Å². The Labute approximate surface area is 120 Å². The zero-order valence-electron chi connectivity index (χ0n) is 11.1. The van der Waals surface area contributed by atoms with Gasteiger partial charge in [-0.2, -0.15) is 0 Å². The molecule has 21 heavy (non-hydrogen) atoms. The molecule has 0 bridgehead atoms. The van der Waals surface area contributed by atoms with Crippen molar-refractivity contribution in [3.05, 3.63) is 65.7 Å². The van der Waals surface area contributed by atoms with Crippen LogP contribution < -0.4 is 4.74 Å². The van der Waals surface area contributed by atoms with Crippen molar-refractivity contribution in [2.24, 2.45) is 0 Å². The second kappa shape index (κ2) is 6.43. The van der Waals surface area contributed by atoms with E-state index in [0.29, 0.717) is 6.42 Å². The van der Waals surface area contributed by atoms with Gasteiger partial charge in [0, 0.05) is 6.42 Å². The van der Waals surface area contributed by atoms with Crippen LogP contribution in [0.3, 0.4) is 0 Å². The summed E-state index contributed by atoms with van der Waals surface area (Å²) in [6, 6.07) is 14.7. The molecule has 0 fully saturated rings. The van der Waals surface area contributed by atoms with Crippen molar-refractivity contribution in [2.75, 3.05) is 0 Å². The van der Waals surface area contributed by atoms with Crippen LogP contribution in [0.2, 0.25) is 0 Å². The van der Waals surface area contributed by atoms with Gasteiger partial charge in [-0.15, -0.1) is 13.2 Å². The number of carbonyl (C=O) groups excluding carboxylic acids is 1. The van der Waals surface area contributed by atoms with Crippen LogP contribution in [-0.4, -0.2) is 12.1 Å². The molecule has 0 amide bonds. The molecule has 0 aliphatic carbocycles. The van der Waals surface area contributed by atoms with E-state index >= 15 is 0 Å². The second-order valence-electron chi connectivity index (χ2n) is 4.45. The SMILES string of the molecule is O=C(CCc1ccccc1)c1ccccc1OC(F)(F)F. The Balaban J connectivity index is 2.09. The van der Waals surface area contributed by atoms with Crippen molar-refractivity contribution in [1.82, 2.24) is 0 Å². The highest BCUT2D eigenvalue weighted by Crippen LogP contribution is 2.27. The fourth-order valence-electron chi connectivity index (χ4n) is 1.95. The number of rotatable bonds is 5. The first-order valence-electron chi connectivity index (χ1n) is 6.37. The summed E-state index contributed by atoms with van der Waals surface area (Å²) in [7, 11) is 0. The third-order valence-electron chi connectivity index (χ3n) is 2.90. The number of benzene rings is 2. The minimum Gasteiger partial charge on any atom is -0.405 e. The summed E-state index contributed by atoms with van der Waals surface area (Å²) in [4.78, 5) is 12.1. The molecule has 0 saturated heterocycles. The summed E-state index contributed by atoms with van der Waals surface area (Å²) < 4.78 is 40.8. The smallest absolute Gasteiger partial charge is 0.405 e. The molecule has 0 aromatic heterocycles. The number of hydrogen-bond acceptors (Lipinski definition) is 2. The highest BCUT2D eigenvalue weighted by Gasteiger charge is 2.32. The summed E-state index contributed by atoms with van der Waals surface area (Å²) in [5, 5.41) is 0. The number of carbonyl (C=O) groups is 1. The summed E-state index contributed by atoms with van der Waals surface area (Å²) in [6.07, 6.45) is -4.21. The number of ketones is 1. The van der Waals surface area contributed by atoms with Gasteiger partial charge in [-0.25, -0.2) is 0 Å². The van der Waals surface area contributed by atoms with Crippen LogP contribution in [0.4, 0.5) is 13.2 Å². The van der Waals surface area contributed by atoms with Crippen LogP contribution in [0.5, 0.6) is 5.75 Å². The van der Waals surface area contributed by atoms with Gasteiger partial charge >= 0.3 is 6.36 Å². The number of Topliss-reactive ketones (excluding diaryl/α,β-unsaturated/α-hetero) is 1. The van der Waals surface area contributed by atoms with Gasteiger partial charge in [-0.05, 0) is 24.1 Å². The Bertz CT molecular complexity index is 606. The van der Waals surface area contributed by atoms with E-state index in [1.54, 1.807) is 0 Å². The van der Waals surface area contributed by atoms with E-state index in [4.69, 9.17) is 0 Å². The highest BCUT2D eigenvalue weighted by atomic mass is 19.4. The molecule has 0 N–H and O–H groups in total. The van der Waals surface area contributed by atoms with Gasteiger partial charge in [0.1, 0.15) is 5.75 Å². The molecular weight excluding hydrogens is 281 g/mol. The number of halogens is 3. The van der Waals surface area contributed by atoms with E-state index in [0.717, 1.165) is 11.6 Å². The van der Waals surface area contributed by atoms with Crippen LogP contribution in [-0.2, 0) is 6.42 Å². The molecule has 2 rings (SSSR count). The molecule has 0 heterocycles. The van der Waals surface area contributed by atoms with E-state index in [-0.39, 0.29) is 17.8 Å². The van der Waals surface area contributed by atoms with Crippen LogP contribution >= 0.6 is 0 Å². The highest BCUT2D eigenvalue weighted by molar-refractivity contribution is 5.98. The van der Waals surface area contributed by atoms with Crippen molar-refractivity contribution >= 4 is 5.78 Å². The number of para-hydroxylation sites is 1. The zero-order chi connectivity index (χ0) is 15.3. The first-order valence-corrected chi connectivity index (χ1v) is 6.37. The maximum absolute atomic E-state index is 12.3. The van der Waals surface area contributed by atoms with Crippen LogP contribution in [0.15, 0.2) is 54.6 Å². The molecule has 5 heteroatoms. The molecule has 110 valence electrons. The summed E-state index contributed by atoms with van der Waals surface area (Å²) >= 11 is 0. The largest absolute Gasteiger partial charge is 0.573 e. The normalized spacial score (nSPS) is 11.2. The Morgan fingerprint density at radius 2 is 1.57 bits per heavy atom. The van der Waals surface area contributed by atoms with Gasteiger partial charge < -0.3 is 4.74 Å². The first-order chi connectivity index (χ1) is 9.96. The molecule has 0 aliphatic heterocycles. The van der Waals surface area contributed by atoms with Gasteiger partial charge in [-0.3, -0.25) is 4.79 Å². The maximum Gasteiger partial charge on any atom is 0.573 e. The number of alkyl halides is 3. The lowest BCUT2D eigenvalue weighted by Gasteiger charge is -2.12. The van der Waals surface area contributed by atoms with E-state index in [2.05, 4.69) is 4.74 Å². The summed E-state index contributed by atoms with van der Waals surface area (Å²) in [5.74, 6) is -0.832. The maximum atomic E-state index is 12.3. The number of hydrogen-bond donors (Lipinski definition) is 0. The van der Waals surface area contributed by atoms with Crippen LogP contribution in [0.1, 0.15) is 22.3 Å². The molecule has 0 aliphatic rings. The second-order valence-corrected chi connectivity index (χ2v) is 4.45. The van der Waals surface area contributed by atoms with Crippen molar-refractivity contribution in [3.8, 4) is 5.75 Å². The van der Waals surface area contributed by atoms with Gasteiger partial charge in [0.2, 0.25) is 0 Å². The van der Waals surface area contributed by atoms with Crippen molar-refractivity contribution < 1.29 is 22.7 Å². The number of ether oxygens (including phenoxy) is 1. The molecule has 0 atom stereocenters. The van der Waals surface area contributed by atoms with Gasteiger partial charge in [0.25, 0.3) is 0 Å². The molecular formula is C16H13F3O2. The van der Waals surface area contributed by atoms with Crippen molar-refractivity contribution in [2.45, 2.75) is 19.2 Å². The molecule has 2 aromatic rings. The van der Waals surface area contributed by atoms with Gasteiger partial charge in [0.05, 0.1) is 5.56 Å². The standard InChI is InChI=1S/C16H13F3O2/c17-16(18,19)21-15-9-5-4-8-13(15)14(20)11-10-12-6-2-1-3-7-12/h1-9H,10-11H2. The van der Waals surface area contributed by atoms with Gasteiger partial charge in [-0.1, -0.05) is 42.5 Å². The molecule has 2 aromatic carbocycles. The van der Waals surface area contributed by atoms with E-state index in [1.807, 2.05) is 30.3 Å². The minimum absolute atomic E-state index is 0.0502. The van der Waals surface area contributed by atoms with E-state index < -0.39 is 12.1 Å². The fourth-order valence-corrected chi connectivity index (χ4v) is 1.95. The van der Waals surface area contributed by atoms with Crippen molar-refractivity contribution in [1.29, 1.82) is 0 Å². The lowest BCUT2D eigenvalue weighted by Crippen LogP contribution is -2.19. The predicted molar refractivity (Wildman–Crippen MR) is 72.2 cm³/mol.